The van der Waals surface area contributed by atoms with Gasteiger partial charge in [-0.25, -0.2) is 0 Å². The van der Waals surface area contributed by atoms with E-state index in [0.717, 1.165) is 25.1 Å². The summed E-state index contributed by atoms with van der Waals surface area (Å²) >= 11 is 0. The van der Waals surface area contributed by atoms with E-state index in [1.807, 2.05) is 0 Å². The molecule has 100 valence electrons. The molecule has 1 aromatic carbocycles. The second kappa shape index (κ2) is 6.79. The van der Waals surface area contributed by atoms with Crippen LogP contribution in [0.4, 0.5) is 0 Å². The van der Waals surface area contributed by atoms with Gasteiger partial charge in [0.15, 0.2) is 0 Å². The van der Waals surface area contributed by atoms with E-state index in [0.29, 0.717) is 12.1 Å². The quantitative estimate of drug-likeness (QED) is 0.830. The number of nitrogens with one attached hydrogen (secondary N) is 1. The molecule has 0 bridgehead atoms. The Morgan fingerprint density at radius 1 is 1.28 bits per heavy atom. The molecule has 18 heavy (non-hydrogen) atoms. The van der Waals surface area contributed by atoms with Gasteiger partial charge in [-0.05, 0) is 56.3 Å². The number of aryl methyl sites for hydroxylation is 1. The van der Waals surface area contributed by atoms with Crippen LogP contribution in [-0.2, 0) is 6.42 Å². The molecule has 1 aromatic rings. The summed E-state index contributed by atoms with van der Waals surface area (Å²) in [4.78, 5) is 0. The molecule has 1 fully saturated rings. The van der Waals surface area contributed by atoms with E-state index in [2.05, 4.69) is 43.4 Å². The molecule has 2 rings (SSSR count). The first-order valence-electron chi connectivity index (χ1n) is 7.30. The highest BCUT2D eigenvalue weighted by atomic mass is 16.5. The van der Waals surface area contributed by atoms with Crippen LogP contribution in [0, 0.1) is 0 Å². The minimum Gasteiger partial charge on any atom is -0.490 e. The molecule has 0 aliphatic heterocycles. The van der Waals surface area contributed by atoms with E-state index in [1.165, 1.54) is 24.8 Å². The fourth-order valence-electron chi connectivity index (χ4n) is 2.61. The lowest BCUT2D eigenvalue weighted by atomic mass is 10.1. The van der Waals surface area contributed by atoms with Crippen molar-refractivity contribution in [3.05, 3.63) is 29.8 Å². The third kappa shape index (κ3) is 3.74. The zero-order valence-electron chi connectivity index (χ0n) is 11.6. The summed E-state index contributed by atoms with van der Waals surface area (Å²) in [5.74, 6) is 1.04. The molecule has 1 N–H and O–H groups in total. The van der Waals surface area contributed by atoms with Gasteiger partial charge in [0.1, 0.15) is 11.9 Å². The standard InChI is InChI=1S/C16H25NO/c1-3-10-17-14-8-9-16(12-14)18-15-7-5-6-13(4-2)11-15/h5-7,11,14,16-17H,3-4,8-10,12H2,1-2H3. The average molecular weight is 247 g/mol. The van der Waals surface area contributed by atoms with Gasteiger partial charge >= 0.3 is 0 Å². The van der Waals surface area contributed by atoms with E-state index in [9.17, 15) is 0 Å². The molecule has 2 heteroatoms. The van der Waals surface area contributed by atoms with Crippen LogP contribution in [0.5, 0.6) is 5.75 Å². The maximum atomic E-state index is 6.09. The highest BCUT2D eigenvalue weighted by Crippen LogP contribution is 2.25. The Morgan fingerprint density at radius 3 is 2.94 bits per heavy atom. The van der Waals surface area contributed by atoms with Gasteiger partial charge in [0.05, 0.1) is 0 Å². The van der Waals surface area contributed by atoms with Crippen LogP contribution < -0.4 is 10.1 Å². The second-order valence-corrected chi connectivity index (χ2v) is 5.20. The molecule has 1 saturated carbocycles. The van der Waals surface area contributed by atoms with Crippen LogP contribution >= 0.6 is 0 Å². The molecule has 0 heterocycles. The number of ether oxygens (including phenoxy) is 1. The largest absolute Gasteiger partial charge is 0.490 e. The smallest absolute Gasteiger partial charge is 0.119 e. The fraction of sp³-hybridized carbons (Fsp3) is 0.625. The summed E-state index contributed by atoms with van der Waals surface area (Å²) in [6.45, 7) is 5.52. The van der Waals surface area contributed by atoms with Crippen molar-refractivity contribution in [1.82, 2.24) is 5.32 Å². The minimum atomic E-state index is 0.395. The first-order valence-corrected chi connectivity index (χ1v) is 7.30. The van der Waals surface area contributed by atoms with Gasteiger partial charge in [-0.1, -0.05) is 26.0 Å². The molecule has 2 atom stereocenters. The topological polar surface area (TPSA) is 21.3 Å². The maximum absolute atomic E-state index is 6.09. The molecule has 2 nitrogen and oxygen atoms in total. The van der Waals surface area contributed by atoms with Crippen molar-refractivity contribution in [2.45, 2.75) is 58.1 Å². The summed E-state index contributed by atoms with van der Waals surface area (Å²) < 4.78 is 6.09. The Labute approximate surface area is 111 Å². The fourth-order valence-corrected chi connectivity index (χ4v) is 2.61. The van der Waals surface area contributed by atoms with Gasteiger partial charge in [-0.2, -0.15) is 0 Å². The summed E-state index contributed by atoms with van der Waals surface area (Å²) in [6, 6.07) is 9.16. The molecule has 0 aromatic heterocycles. The third-order valence-corrected chi connectivity index (χ3v) is 3.68. The SMILES string of the molecule is CCCNC1CCC(Oc2cccc(CC)c2)C1. The van der Waals surface area contributed by atoms with Gasteiger partial charge in [0.2, 0.25) is 0 Å². The average Bonchev–Trinajstić information content (AvgIpc) is 2.84. The van der Waals surface area contributed by atoms with Crippen LogP contribution in [0.15, 0.2) is 24.3 Å². The van der Waals surface area contributed by atoms with Crippen molar-refractivity contribution in [2.24, 2.45) is 0 Å². The monoisotopic (exact) mass is 247 g/mol. The maximum Gasteiger partial charge on any atom is 0.119 e. The number of rotatable bonds is 6. The Kier molecular flexibility index (Phi) is 5.06. The van der Waals surface area contributed by atoms with E-state index in [4.69, 9.17) is 4.74 Å². The Hall–Kier alpha value is -1.02. The van der Waals surface area contributed by atoms with E-state index < -0.39 is 0 Å². The second-order valence-electron chi connectivity index (χ2n) is 5.20. The van der Waals surface area contributed by atoms with E-state index in [-0.39, 0.29) is 0 Å². The number of hydrogen-bond acceptors (Lipinski definition) is 2. The van der Waals surface area contributed by atoms with Gasteiger partial charge in [0.25, 0.3) is 0 Å². The highest BCUT2D eigenvalue weighted by Gasteiger charge is 2.25. The van der Waals surface area contributed by atoms with Crippen molar-refractivity contribution in [2.75, 3.05) is 6.54 Å². The first-order chi connectivity index (χ1) is 8.81. The minimum absolute atomic E-state index is 0.395. The van der Waals surface area contributed by atoms with Gasteiger partial charge in [0, 0.05) is 6.04 Å². The molecule has 2 unspecified atom stereocenters. The van der Waals surface area contributed by atoms with E-state index in [1.54, 1.807) is 0 Å². The molecule has 0 radical (unpaired) electrons. The summed E-state index contributed by atoms with van der Waals surface area (Å²) in [5.41, 5.74) is 1.35. The lowest BCUT2D eigenvalue weighted by Gasteiger charge is -2.15. The van der Waals surface area contributed by atoms with Gasteiger partial charge in [-0.3, -0.25) is 0 Å². The molecule has 0 amide bonds. The van der Waals surface area contributed by atoms with Crippen molar-refractivity contribution in [1.29, 1.82) is 0 Å². The normalized spacial score (nSPS) is 23.2. The van der Waals surface area contributed by atoms with Crippen molar-refractivity contribution < 1.29 is 4.74 Å². The van der Waals surface area contributed by atoms with Crippen LogP contribution in [0.3, 0.4) is 0 Å². The Bertz CT molecular complexity index is 364. The number of hydrogen-bond donors (Lipinski definition) is 1. The van der Waals surface area contributed by atoms with Crippen molar-refractivity contribution >= 4 is 0 Å². The summed E-state index contributed by atoms with van der Waals surface area (Å²) in [6.07, 6.45) is 6.25. The van der Waals surface area contributed by atoms with Crippen LogP contribution in [0.25, 0.3) is 0 Å². The molecule has 0 saturated heterocycles. The molecular weight excluding hydrogens is 222 g/mol. The van der Waals surface area contributed by atoms with Crippen LogP contribution in [-0.4, -0.2) is 18.7 Å². The Morgan fingerprint density at radius 2 is 2.17 bits per heavy atom. The summed E-state index contributed by atoms with van der Waals surface area (Å²) in [7, 11) is 0. The van der Waals surface area contributed by atoms with Crippen LogP contribution in [0.1, 0.15) is 45.1 Å². The zero-order valence-corrected chi connectivity index (χ0v) is 11.6. The molecular formula is C16H25NO. The molecule has 1 aliphatic carbocycles. The van der Waals surface area contributed by atoms with Crippen molar-refractivity contribution in [3.8, 4) is 5.75 Å². The highest BCUT2D eigenvalue weighted by molar-refractivity contribution is 5.28. The molecule has 1 aliphatic rings. The number of benzene rings is 1. The predicted octanol–water partition coefficient (Wildman–Crippen LogP) is 3.55. The first kappa shape index (κ1) is 13.4. The lowest BCUT2D eigenvalue weighted by Crippen LogP contribution is -2.28. The predicted molar refractivity (Wildman–Crippen MR) is 76.2 cm³/mol. The summed E-state index contributed by atoms with van der Waals surface area (Å²) in [5, 5.41) is 3.59. The third-order valence-electron chi connectivity index (χ3n) is 3.68. The Balaban J connectivity index is 1.83. The van der Waals surface area contributed by atoms with Gasteiger partial charge < -0.3 is 10.1 Å². The van der Waals surface area contributed by atoms with E-state index >= 15 is 0 Å². The van der Waals surface area contributed by atoms with Crippen LogP contribution in [0.2, 0.25) is 0 Å². The lowest BCUT2D eigenvalue weighted by molar-refractivity contribution is 0.206. The zero-order chi connectivity index (χ0) is 12.8. The van der Waals surface area contributed by atoms with Crippen molar-refractivity contribution in [3.63, 3.8) is 0 Å². The molecule has 0 spiro atoms. The van der Waals surface area contributed by atoms with Gasteiger partial charge in [-0.15, -0.1) is 0 Å².